The molecule has 136 valence electrons. The van der Waals surface area contributed by atoms with Gasteiger partial charge in [0.2, 0.25) is 0 Å². The van der Waals surface area contributed by atoms with Gasteiger partial charge in [-0.15, -0.1) is 32.9 Å². The fourth-order valence-corrected chi connectivity index (χ4v) is 4.34. The summed E-state index contributed by atoms with van der Waals surface area (Å²) in [6.07, 6.45) is 0. The molecule has 3 aromatic heterocycles. The molecule has 4 rings (SSSR count). The number of thiophene rings is 1. The second kappa shape index (κ2) is 7.71. The van der Waals surface area contributed by atoms with Crippen LogP contribution >= 0.6 is 38.6 Å². The van der Waals surface area contributed by atoms with Gasteiger partial charge in [0.25, 0.3) is 11.8 Å². The lowest BCUT2D eigenvalue weighted by Gasteiger charge is -1.99. The largest absolute Gasteiger partial charge is 0.451 e. The number of halogens is 1. The molecular formula is C18H12BrN3O3S2. The number of carbonyl (C=O) groups excluding carboxylic acids is 1. The van der Waals surface area contributed by atoms with Gasteiger partial charge in [0, 0.05) is 10.9 Å². The Bertz CT molecular complexity index is 1090. The number of benzene rings is 1. The monoisotopic (exact) mass is 461 g/mol. The van der Waals surface area contributed by atoms with Gasteiger partial charge >= 0.3 is 5.97 Å². The highest BCUT2D eigenvalue weighted by Crippen LogP contribution is 2.30. The van der Waals surface area contributed by atoms with Crippen molar-refractivity contribution in [3.8, 4) is 21.3 Å². The van der Waals surface area contributed by atoms with E-state index in [2.05, 4.69) is 31.1 Å². The van der Waals surface area contributed by atoms with Crippen molar-refractivity contribution in [2.24, 2.45) is 0 Å². The minimum Gasteiger partial charge on any atom is -0.451 e. The van der Waals surface area contributed by atoms with E-state index in [1.165, 1.54) is 28.2 Å². The maximum atomic E-state index is 12.2. The molecule has 0 aliphatic heterocycles. The molecule has 0 fully saturated rings. The van der Waals surface area contributed by atoms with E-state index in [0.29, 0.717) is 5.89 Å². The lowest BCUT2D eigenvalue weighted by atomic mass is 10.2. The number of aryl methyl sites for hydroxylation is 1. The predicted molar refractivity (Wildman–Crippen MR) is 107 cm³/mol. The van der Waals surface area contributed by atoms with E-state index in [0.717, 1.165) is 19.2 Å². The Kier molecular flexibility index (Phi) is 5.15. The van der Waals surface area contributed by atoms with Crippen LogP contribution in [-0.4, -0.2) is 21.2 Å². The summed E-state index contributed by atoms with van der Waals surface area (Å²) in [6, 6.07) is 11.7. The third kappa shape index (κ3) is 4.15. The number of ether oxygens (including phenoxy) is 1. The molecule has 4 aromatic rings. The van der Waals surface area contributed by atoms with E-state index in [1.807, 2.05) is 43.3 Å². The number of carbonyl (C=O) groups is 1. The van der Waals surface area contributed by atoms with Crippen LogP contribution < -0.4 is 0 Å². The average molecular weight is 462 g/mol. The predicted octanol–water partition coefficient (Wildman–Crippen LogP) is 5.35. The van der Waals surface area contributed by atoms with Crippen molar-refractivity contribution < 1.29 is 13.9 Å². The van der Waals surface area contributed by atoms with Crippen LogP contribution in [0.25, 0.3) is 21.3 Å². The summed E-state index contributed by atoms with van der Waals surface area (Å²) < 4.78 is 11.7. The summed E-state index contributed by atoms with van der Waals surface area (Å²) in [5.74, 6) is 0.104. The number of aromatic nitrogens is 3. The zero-order valence-electron chi connectivity index (χ0n) is 14.0. The summed E-state index contributed by atoms with van der Waals surface area (Å²) in [5, 5.41) is 10.3. The van der Waals surface area contributed by atoms with Gasteiger partial charge in [0.1, 0.15) is 5.01 Å². The van der Waals surface area contributed by atoms with E-state index in [9.17, 15) is 4.79 Å². The zero-order chi connectivity index (χ0) is 18.8. The lowest BCUT2D eigenvalue weighted by Crippen LogP contribution is -2.05. The van der Waals surface area contributed by atoms with Gasteiger partial charge in [0.05, 0.1) is 8.66 Å². The first-order valence-corrected chi connectivity index (χ1v) is 10.4. The number of esters is 1. The third-order valence-electron chi connectivity index (χ3n) is 3.59. The minimum atomic E-state index is -0.525. The topological polar surface area (TPSA) is 78.1 Å². The van der Waals surface area contributed by atoms with E-state index in [1.54, 1.807) is 5.38 Å². The van der Waals surface area contributed by atoms with Crippen molar-refractivity contribution in [1.82, 2.24) is 15.2 Å². The Morgan fingerprint density at radius 3 is 2.74 bits per heavy atom. The van der Waals surface area contributed by atoms with Crippen LogP contribution in [0.2, 0.25) is 0 Å². The molecule has 0 aliphatic carbocycles. The first-order valence-electron chi connectivity index (χ1n) is 7.86. The van der Waals surface area contributed by atoms with Crippen molar-refractivity contribution in [2.45, 2.75) is 13.5 Å². The maximum absolute atomic E-state index is 12.2. The van der Waals surface area contributed by atoms with E-state index in [4.69, 9.17) is 9.15 Å². The van der Waals surface area contributed by atoms with Crippen molar-refractivity contribution in [3.63, 3.8) is 0 Å². The number of hydrogen-bond acceptors (Lipinski definition) is 8. The summed E-state index contributed by atoms with van der Waals surface area (Å²) in [4.78, 5) is 17.4. The highest BCUT2D eigenvalue weighted by atomic mass is 79.9. The van der Waals surface area contributed by atoms with Crippen LogP contribution in [0.1, 0.15) is 21.9 Å². The molecule has 0 unspecified atom stereocenters. The van der Waals surface area contributed by atoms with Crippen LogP contribution in [0, 0.1) is 6.92 Å². The van der Waals surface area contributed by atoms with Gasteiger partial charge in [-0.1, -0.05) is 29.8 Å². The molecule has 0 spiro atoms. The molecule has 0 N–H and O–H groups in total. The Morgan fingerprint density at radius 2 is 2.00 bits per heavy atom. The zero-order valence-corrected chi connectivity index (χ0v) is 17.2. The third-order valence-corrected chi connectivity index (χ3v) is 6.09. The number of hydrogen-bond donors (Lipinski definition) is 0. The number of rotatable bonds is 5. The molecule has 1 aromatic carbocycles. The second-order valence-corrected chi connectivity index (χ2v) is 8.91. The SMILES string of the molecule is Cc1ccc(-c2nc(C(=O)OCc3nnc(-c4ccc(Br)s4)o3)cs2)cc1. The summed E-state index contributed by atoms with van der Waals surface area (Å²) in [6.45, 7) is 1.92. The highest BCUT2D eigenvalue weighted by Gasteiger charge is 2.16. The van der Waals surface area contributed by atoms with Crippen molar-refractivity contribution in [2.75, 3.05) is 0 Å². The summed E-state index contributed by atoms with van der Waals surface area (Å²) >= 11 is 6.26. The molecule has 3 heterocycles. The lowest BCUT2D eigenvalue weighted by molar-refractivity contribution is 0.0433. The summed E-state index contributed by atoms with van der Waals surface area (Å²) in [5.41, 5.74) is 2.40. The Morgan fingerprint density at radius 1 is 1.19 bits per heavy atom. The fourth-order valence-electron chi connectivity index (χ4n) is 2.24. The van der Waals surface area contributed by atoms with Crippen LogP contribution in [0.5, 0.6) is 0 Å². The molecule has 0 bridgehead atoms. The van der Waals surface area contributed by atoms with Crippen LogP contribution in [0.3, 0.4) is 0 Å². The van der Waals surface area contributed by atoms with E-state index in [-0.39, 0.29) is 18.2 Å². The van der Waals surface area contributed by atoms with Crippen LogP contribution in [-0.2, 0) is 11.3 Å². The first kappa shape index (κ1) is 18.0. The first-order chi connectivity index (χ1) is 13.1. The van der Waals surface area contributed by atoms with Gasteiger partial charge in [-0.05, 0) is 35.0 Å². The van der Waals surface area contributed by atoms with E-state index >= 15 is 0 Å². The van der Waals surface area contributed by atoms with E-state index < -0.39 is 5.97 Å². The van der Waals surface area contributed by atoms with Gasteiger partial charge < -0.3 is 9.15 Å². The highest BCUT2D eigenvalue weighted by molar-refractivity contribution is 9.11. The molecule has 6 nitrogen and oxygen atoms in total. The fraction of sp³-hybridized carbons (Fsp3) is 0.111. The van der Waals surface area contributed by atoms with Crippen LogP contribution in [0.4, 0.5) is 0 Å². The Balaban J connectivity index is 1.40. The Labute approximate surface area is 171 Å². The molecule has 0 aliphatic rings. The summed E-state index contributed by atoms with van der Waals surface area (Å²) in [7, 11) is 0. The maximum Gasteiger partial charge on any atom is 0.358 e. The van der Waals surface area contributed by atoms with Gasteiger partial charge in [-0.3, -0.25) is 0 Å². The van der Waals surface area contributed by atoms with Crippen molar-refractivity contribution >= 4 is 44.6 Å². The minimum absolute atomic E-state index is 0.101. The van der Waals surface area contributed by atoms with Crippen molar-refractivity contribution in [1.29, 1.82) is 0 Å². The molecule has 27 heavy (non-hydrogen) atoms. The normalized spacial score (nSPS) is 10.9. The molecule has 0 atom stereocenters. The van der Waals surface area contributed by atoms with Crippen molar-refractivity contribution in [3.05, 3.63) is 62.7 Å². The van der Waals surface area contributed by atoms with Gasteiger partial charge in [0.15, 0.2) is 12.3 Å². The number of nitrogens with zero attached hydrogens (tertiary/aromatic N) is 3. The quantitative estimate of drug-likeness (QED) is 0.372. The van der Waals surface area contributed by atoms with Crippen LogP contribution in [0.15, 0.2) is 50.0 Å². The molecule has 0 saturated carbocycles. The van der Waals surface area contributed by atoms with Gasteiger partial charge in [-0.2, -0.15) is 0 Å². The smallest absolute Gasteiger partial charge is 0.358 e. The molecule has 0 saturated heterocycles. The molecular weight excluding hydrogens is 450 g/mol. The molecule has 0 radical (unpaired) electrons. The second-order valence-electron chi connectivity index (χ2n) is 5.58. The standard InChI is InChI=1S/C18H12BrN3O3S2/c1-10-2-4-11(5-3-10)17-20-12(9-26-17)18(23)24-8-15-21-22-16(25-15)13-6-7-14(19)27-13/h2-7,9H,8H2,1H3. The Hall–Kier alpha value is -2.36. The average Bonchev–Trinajstić information content (AvgIpc) is 3.40. The van der Waals surface area contributed by atoms with Gasteiger partial charge in [-0.25, -0.2) is 9.78 Å². The molecule has 0 amide bonds. The molecule has 9 heteroatoms. The number of thiazole rings is 1.